The number of rotatable bonds is 5. The number of aromatic nitrogens is 1. The zero-order chi connectivity index (χ0) is 13.9. The zero-order valence-corrected chi connectivity index (χ0v) is 10.2. The molecule has 0 bridgehead atoms. The fourth-order valence-electron chi connectivity index (χ4n) is 1.16. The molecule has 0 aliphatic heterocycles. The summed E-state index contributed by atoms with van der Waals surface area (Å²) in [5, 5.41) is 8.09. The molecule has 0 saturated carbocycles. The predicted octanol–water partition coefficient (Wildman–Crippen LogP) is 2.41. The van der Waals surface area contributed by atoms with Gasteiger partial charge in [-0.15, -0.1) is 21.5 Å². The normalized spacial score (nSPS) is 13.4. The van der Waals surface area contributed by atoms with Crippen molar-refractivity contribution < 1.29 is 27.8 Å². The second-order valence-electron chi connectivity index (χ2n) is 3.24. The lowest BCUT2D eigenvalue weighted by Crippen LogP contribution is -2.25. The lowest BCUT2D eigenvalue weighted by atomic mass is 10.3. The molecule has 0 fully saturated rings. The van der Waals surface area contributed by atoms with Gasteiger partial charge in [-0.2, -0.15) is 13.2 Å². The topological polar surface area (TPSA) is 74.5 Å². The van der Waals surface area contributed by atoms with Gasteiger partial charge in [-0.1, -0.05) is 0 Å². The molecule has 0 amide bonds. The molecule has 0 aliphatic carbocycles. The van der Waals surface area contributed by atoms with Crippen LogP contribution in [0.25, 0.3) is 0 Å². The summed E-state index contributed by atoms with van der Waals surface area (Å²) in [5.41, 5.74) is 0.332. The fourth-order valence-corrected chi connectivity index (χ4v) is 2.25. The van der Waals surface area contributed by atoms with E-state index in [-0.39, 0.29) is 6.61 Å². The van der Waals surface area contributed by atoms with Gasteiger partial charge >= 0.3 is 6.18 Å². The van der Waals surface area contributed by atoms with Gasteiger partial charge in [-0.05, 0) is 6.92 Å². The largest absolute Gasteiger partial charge is 0.421 e. The molecule has 0 spiro atoms. The Morgan fingerprint density at radius 3 is 2.61 bits per heavy atom. The van der Waals surface area contributed by atoms with Crippen LogP contribution in [0.4, 0.5) is 13.2 Å². The smallest absolute Gasteiger partial charge is 0.379 e. The molecule has 6 nitrogen and oxygen atoms in total. The van der Waals surface area contributed by atoms with E-state index in [0.29, 0.717) is 21.9 Å². The predicted molar refractivity (Wildman–Crippen MR) is 54.4 cm³/mol. The number of ether oxygens (including phenoxy) is 1. The van der Waals surface area contributed by atoms with Gasteiger partial charge in [0.2, 0.25) is 0 Å². The van der Waals surface area contributed by atoms with E-state index in [4.69, 9.17) is 4.74 Å². The van der Waals surface area contributed by atoms with Gasteiger partial charge in [0.25, 0.3) is 11.2 Å². The summed E-state index contributed by atoms with van der Waals surface area (Å²) in [6.07, 6.45) is -7.57. The summed E-state index contributed by atoms with van der Waals surface area (Å²) in [6, 6.07) is 0. The van der Waals surface area contributed by atoms with Crippen LogP contribution in [0, 0.1) is 17.0 Å². The first-order valence-corrected chi connectivity index (χ1v) is 5.40. The van der Waals surface area contributed by atoms with Gasteiger partial charge < -0.3 is 4.74 Å². The maximum atomic E-state index is 12.6. The number of hydrogen-bond donors (Lipinski definition) is 0. The molecule has 18 heavy (non-hydrogen) atoms. The van der Waals surface area contributed by atoms with E-state index in [2.05, 4.69) is 9.82 Å². The number of nitrogens with zero attached hydrogens (tertiary/aromatic N) is 2. The van der Waals surface area contributed by atoms with Crippen LogP contribution in [0.15, 0.2) is 0 Å². The molecule has 0 saturated heterocycles. The quantitative estimate of drug-likeness (QED) is 0.613. The van der Waals surface area contributed by atoms with Crippen LogP contribution in [-0.4, -0.2) is 23.4 Å². The molecule has 0 aromatic carbocycles. The van der Waals surface area contributed by atoms with Gasteiger partial charge in [0.15, 0.2) is 0 Å². The highest BCUT2D eigenvalue weighted by Gasteiger charge is 2.46. The molecule has 1 rings (SSSR count). The van der Waals surface area contributed by atoms with Crippen LogP contribution in [-0.2, 0) is 16.2 Å². The SMILES string of the molecule is COCc1sc(C(O[N+](=O)[O-])C(F)(F)F)nc1C. The Balaban J connectivity index is 3.05. The second-order valence-corrected chi connectivity index (χ2v) is 4.36. The first-order chi connectivity index (χ1) is 8.25. The minimum Gasteiger partial charge on any atom is -0.379 e. The van der Waals surface area contributed by atoms with Crippen molar-refractivity contribution >= 4 is 11.3 Å². The Hall–Kier alpha value is -1.42. The monoisotopic (exact) mass is 286 g/mol. The molecule has 10 heteroatoms. The molecule has 1 heterocycles. The standard InChI is InChI=1S/C8H9F3N2O4S/c1-4-5(3-16-2)18-7(12-4)6(8(9,10)11)17-13(14)15/h6H,3H2,1-2H3. The number of halogens is 3. The van der Waals surface area contributed by atoms with Crippen molar-refractivity contribution in [1.82, 2.24) is 4.98 Å². The highest BCUT2D eigenvalue weighted by molar-refractivity contribution is 7.11. The van der Waals surface area contributed by atoms with E-state index >= 15 is 0 Å². The maximum Gasteiger partial charge on any atom is 0.421 e. The number of thiazole rings is 1. The van der Waals surface area contributed by atoms with Crippen molar-refractivity contribution in [2.24, 2.45) is 0 Å². The molecule has 102 valence electrons. The average Bonchev–Trinajstić information content (AvgIpc) is 2.55. The van der Waals surface area contributed by atoms with Crippen LogP contribution in [0.1, 0.15) is 21.7 Å². The third kappa shape index (κ3) is 3.53. The second kappa shape index (κ2) is 5.48. The van der Waals surface area contributed by atoms with Crippen LogP contribution >= 0.6 is 11.3 Å². The van der Waals surface area contributed by atoms with Crippen molar-refractivity contribution in [3.8, 4) is 0 Å². The number of aryl methyl sites for hydroxylation is 1. The van der Waals surface area contributed by atoms with Gasteiger partial charge in [0, 0.05) is 7.11 Å². The molecule has 1 aromatic heterocycles. The molecule has 1 aromatic rings. The van der Waals surface area contributed by atoms with Crippen LogP contribution in [0.2, 0.25) is 0 Å². The van der Waals surface area contributed by atoms with Gasteiger partial charge in [-0.3, -0.25) is 4.84 Å². The Kier molecular flexibility index (Phi) is 4.46. The average molecular weight is 286 g/mol. The van der Waals surface area contributed by atoms with Crippen molar-refractivity contribution in [2.45, 2.75) is 25.8 Å². The molecule has 1 unspecified atom stereocenters. The fraction of sp³-hybridized carbons (Fsp3) is 0.625. The van der Waals surface area contributed by atoms with E-state index in [0.717, 1.165) is 0 Å². The van der Waals surface area contributed by atoms with Crippen molar-refractivity contribution in [3.63, 3.8) is 0 Å². The Labute approximate surface area is 103 Å². The lowest BCUT2D eigenvalue weighted by Gasteiger charge is -2.15. The third-order valence-electron chi connectivity index (χ3n) is 1.90. The number of alkyl halides is 3. The molecule has 0 radical (unpaired) electrons. The molecule has 0 aliphatic rings. The van der Waals surface area contributed by atoms with E-state index in [1.54, 1.807) is 0 Å². The first-order valence-electron chi connectivity index (χ1n) is 4.58. The van der Waals surface area contributed by atoms with E-state index < -0.39 is 22.4 Å². The summed E-state index contributed by atoms with van der Waals surface area (Å²) >= 11 is 0.675. The summed E-state index contributed by atoms with van der Waals surface area (Å²) < 4.78 is 42.6. The molecule has 0 N–H and O–H groups in total. The van der Waals surface area contributed by atoms with Crippen molar-refractivity contribution in [2.75, 3.05) is 7.11 Å². The molecular weight excluding hydrogens is 277 g/mol. The highest BCUT2D eigenvalue weighted by Crippen LogP contribution is 2.38. The minimum atomic E-state index is -4.90. The van der Waals surface area contributed by atoms with Crippen LogP contribution in [0.3, 0.4) is 0 Å². The zero-order valence-electron chi connectivity index (χ0n) is 9.35. The number of methoxy groups -OCH3 is 1. The molecular formula is C8H9F3N2O4S. The number of hydrogen-bond acceptors (Lipinski definition) is 6. The third-order valence-corrected chi connectivity index (χ3v) is 3.07. The first kappa shape index (κ1) is 14.6. The summed E-state index contributed by atoms with van der Waals surface area (Å²) in [7, 11) is 1.38. The van der Waals surface area contributed by atoms with Crippen LogP contribution in [0.5, 0.6) is 0 Å². The van der Waals surface area contributed by atoms with E-state index in [1.807, 2.05) is 0 Å². The van der Waals surface area contributed by atoms with Crippen molar-refractivity contribution in [1.29, 1.82) is 0 Å². The Morgan fingerprint density at radius 1 is 1.56 bits per heavy atom. The Morgan fingerprint density at radius 2 is 2.17 bits per heavy atom. The summed E-state index contributed by atoms with van der Waals surface area (Å²) in [5.74, 6) is 0. The van der Waals surface area contributed by atoms with Gasteiger partial charge in [0.1, 0.15) is 5.01 Å². The Bertz CT molecular complexity index is 434. The van der Waals surface area contributed by atoms with Crippen LogP contribution < -0.4 is 0 Å². The van der Waals surface area contributed by atoms with Gasteiger partial charge in [-0.25, -0.2) is 4.98 Å². The van der Waals surface area contributed by atoms with E-state index in [9.17, 15) is 23.3 Å². The van der Waals surface area contributed by atoms with Gasteiger partial charge in [0.05, 0.1) is 17.2 Å². The summed E-state index contributed by atoms with van der Waals surface area (Å²) in [6.45, 7) is 1.58. The highest BCUT2D eigenvalue weighted by atomic mass is 32.1. The minimum absolute atomic E-state index is 0.0898. The summed E-state index contributed by atoms with van der Waals surface area (Å²) in [4.78, 5) is 17.8. The van der Waals surface area contributed by atoms with Crippen molar-refractivity contribution in [3.05, 3.63) is 25.7 Å². The lowest BCUT2D eigenvalue weighted by molar-refractivity contribution is -0.778. The molecule has 1 atom stereocenters. The van der Waals surface area contributed by atoms with E-state index in [1.165, 1.54) is 14.0 Å². The maximum absolute atomic E-state index is 12.6.